The standard InChI is InChI=1S/C19H18F4N4O/c1-11(16(28)26-13-4-2-12(20)3-5-13)17-7-18(8-17,9-17)27-15-6-14(19(21,22)23)24-10-25-15/h2-6,10-11H,7-9H2,1H3,(H,26,28)(H,24,25,27). The number of aromatic nitrogens is 2. The molecule has 1 heterocycles. The van der Waals surface area contributed by atoms with Gasteiger partial charge in [0.05, 0.1) is 0 Å². The summed E-state index contributed by atoms with van der Waals surface area (Å²) in [6.07, 6.45) is -1.58. The summed E-state index contributed by atoms with van der Waals surface area (Å²) < 4.78 is 51.3. The molecule has 2 aromatic rings. The van der Waals surface area contributed by atoms with E-state index in [1.54, 1.807) is 0 Å². The van der Waals surface area contributed by atoms with Gasteiger partial charge < -0.3 is 10.6 Å². The van der Waals surface area contributed by atoms with Crippen molar-refractivity contribution in [3.63, 3.8) is 0 Å². The maximum Gasteiger partial charge on any atom is 0.433 e. The van der Waals surface area contributed by atoms with Crippen LogP contribution in [0.5, 0.6) is 0 Å². The van der Waals surface area contributed by atoms with Crippen molar-refractivity contribution in [1.29, 1.82) is 0 Å². The molecule has 1 aromatic carbocycles. The first-order valence-electron chi connectivity index (χ1n) is 8.85. The number of benzene rings is 1. The van der Waals surface area contributed by atoms with Crippen molar-refractivity contribution in [2.75, 3.05) is 10.6 Å². The Bertz CT molecular complexity index is 893. The highest BCUT2D eigenvalue weighted by atomic mass is 19.4. The zero-order valence-electron chi connectivity index (χ0n) is 15.0. The van der Waals surface area contributed by atoms with Crippen molar-refractivity contribution in [3.05, 3.63) is 48.2 Å². The lowest BCUT2D eigenvalue weighted by Crippen LogP contribution is -2.74. The van der Waals surface area contributed by atoms with Crippen molar-refractivity contribution in [1.82, 2.24) is 9.97 Å². The highest BCUT2D eigenvalue weighted by molar-refractivity contribution is 5.93. The predicted octanol–water partition coefficient (Wildman–Crippen LogP) is 4.24. The summed E-state index contributed by atoms with van der Waals surface area (Å²) in [5, 5.41) is 5.87. The Morgan fingerprint density at radius 1 is 1.14 bits per heavy atom. The van der Waals surface area contributed by atoms with Crippen LogP contribution in [0, 0.1) is 17.2 Å². The topological polar surface area (TPSA) is 66.9 Å². The largest absolute Gasteiger partial charge is 0.433 e. The van der Waals surface area contributed by atoms with Crippen molar-refractivity contribution in [2.24, 2.45) is 11.3 Å². The Labute approximate surface area is 158 Å². The molecular weight excluding hydrogens is 376 g/mol. The molecule has 5 nitrogen and oxygen atoms in total. The Morgan fingerprint density at radius 2 is 1.79 bits per heavy atom. The third-order valence-electron chi connectivity index (χ3n) is 5.85. The lowest BCUT2D eigenvalue weighted by Gasteiger charge is -2.72. The van der Waals surface area contributed by atoms with Crippen LogP contribution in [0.3, 0.4) is 0 Å². The summed E-state index contributed by atoms with van der Waals surface area (Å²) in [6.45, 7) is 1.84. The van der Waals surface area contributed by atoms with Crippen LogP contribution in [-0.4, -0.2) is 21.4 Å². The quantitative estimate of drug-likeness (QED) is 0.745. The molecule has 1 aromatic heterocycles. The lowest BCUT2D eigenvalue weighted by atomic mass is 9.36. The van der Waals surface area contributed by atoms with Gasteiger partial charge in [-0.1, -0.05) is 6.92 Å². The number of rotatable bonds is 5. The van der Waals surface area contributed by atoms with Gasteiger partial charge in [-0.2, -0.15) is 13.2 Å². The van der Waals surface area contributed by atoms with Crippen molar-refractivity contribution < 1.29 is 22.4 Å². The van der Waals surface area contributed by atoms with Crippen molar-refractivity contribution in [3.8, 4) is 0 Å². The first kappa shape index (κ1) is 18.6. The zero-order valence-corrected chi connectivity index (χ0v) is 15.0. The Kier molecular flexibility index (Phi) is 4.09. The second-order valence-corrected chi connectivity index (χ2v) is 7.80. The van der Waals surface area contributed by atoms with E-state index in [1.165, 1.54) is 24.3 Å². The van der Waals surface area contributed by atoms with Gasteiger partial charge in [-0.25, -0.2) is 14.4 Å². The summed E-state index contributed by atoms with van der Waals surface area (Å²) in [5.74, 6) is -0.658. The second kappa shape index (κ2) is 6.15. The minimum atomic E-state index is -4.52. The van der Waals surface area contributed by atoms with Gasteiger partial charge in [0.25, 0.3) is 0 Å². The molecule has 0 aliphatic heterocycles. The molecule has 3 saturated carbocycles. The fourth-order valence-corrected chi connectivity index (χ4v) is 4.37. The molecule has 1 atom stereocenters. The Balaban J connectivity index is 1.36. The number of hydrogen-bond donors (Lipinski definition) is 2. The van der Waals surface area contributed by atoms with Crippen LogP contribution in [0.2, 0.25) is 0 Å². The number of halogens is 4. The van der Waals surface area contributed by atoms with Crippen LogP contribution in [0.1, 0.15) is 31.9 Å². The van der Waals surface area contributed by atoms with E-state index in [-0.39, 0.29) is 34.4 Å². The molecule has 9 heteroatoms. The first-order chi connectivity index (χ1) is 13.1. The molecule has 28 heavy (non-hydrogen) atoms. The van der Waals surface area contributed by atoms with E-state index in [0.29, 0.717) is 24.9 Å². The maximum absolute atomic E-state index is 13.0. The number of amides is 1. The van der Waals surface area contributed by atoms with E-state index in [2.05, 4.69) is 20.6 Å². The summed E-state index contributed by atoms with van der Waals surface area (Å²) in [4.78, 5) is 19.6. The third kappa shape index (κ3) is 3.18. The van der Waals surface area contributed by atoms with Gasteiger partial charge >= 0.3 is 6.18 Å². The molecule has 1 unspecified atom stereocenters. The van der Waals surface area contributed by atoms with E-state index in [1.807, 2.05) is 6.92 Å². The van der Waals surface area contributed by atoms with Gasteiger partial charge in [0.15, 0.2) is 0 Å². The second-order valence-electron chi connectivity index (χ2n) is 7.80. The summed E-state index contributed by atoms with van der Waals surface area (Å²) in [7, 11) is 0. The fraction of sp³-hybridized carbons (Fsp3) is 0.421. The number of nitrogens with zero attached hydrogens (tertiary/aromatic N) is 2. The van der Waals surface area contributed by atoms with Gasteiger partial charge in [0, 0.05) is 23.2 Å². The zero-order chi connectivity index (χ0) is 20.2. The number of alkyl halides is 3. The minimum Gasteiger partial charge on any atom is -0.364 e. The van der Waals surface area contributed by atoms with E-state index in [4.69, 9.17) is 0 Å². The number of carbonyl (C=O) groups is 1. The molecule has 2 N–H and O–H groups in total. The average Bonchev–Trinajstić information content (AvgIpc) is 2.58. The minimum absolute atomic E-state index is 0.138. The number of carbonyl (C=O) groups excluding carboxylic acids is 1. The molecule has 0 saturated heterocycles. The highest BCUT2D eigenvalue weighted by Crippen LogP contribution is 2.71. The van der Waals surface area contributed by atoms with Gasteiger partial charge in [-0.3, -0.25) is 4.79 Å². The SMILES string of the molecule is CC(C(=O)Nc1ccc(F)cc1)C12CC(Nc3cc(C(F)(F)F)ncn3)(C1)C2. The molecule has 2 bridgehead atoms. The van der Waals surface area contributed by atoms with E-state index in [0.717, 1.165) is 12.4 Å². The van der Waals surface area contributed by atoms with Crippen LogP contribution in [0.4, 0.5) is 29.1 Å². The van der Waals surface area contributed by atoms with E-state index >= 15 is 0 Å². The summed E-state index contributed by atoms with van der Waals surface area (Å²) >= 11 is 0. The molecule has 148 valence electrons. The molecule has 0 spiro atoms. The van der Waals surface area contributed by atoms with Gasteiger partial charge in [0.1, 0.15) is 23.7 Å². The summed E-state index contributed by atoms with van der Waals surface area (Å²) in [6, 6.07) is 6.45. The molecule has 3 fully saturated rings. The highest BCUT2D eigenvalue weighted by Gasteiger charge is 2.70. The van der Waals surface area contributed by atoms with Crippen LogP contribution in [0.25, 0.3) is 0 Å². The molecule has 5 rings (SSSR count). The van der Waals surface area contributed by atoms with Gasteiger partial charge in [-0.15, -0.1) is 0 Å². The molecule has 0 radical (unpaired) electrons. The van der Waals surface area contributed by atoms with Crippen LogP contribution in [-0.2, 0) is 11.0 Å². The average molecular weight is 394 g/mol. The maximum atomic E-state index is 13.0. The number of anilines is 2. The van der Waals surface area contributed by atoms with Crippen molar-refractivity contribution in [2.45, 2.75) is 37.9 Å². The van der Waals surface area contributed by atoms with Crippen LogP contribution in [0.15, 0.2) is 36.7 Å². The van der Waals surface area contributed by atoms with Crippen molar-refractivity contribution >= 4 is 17.4 Å². The molecule has 3 aliphatic rings. The van der Waals surface area contributed by atoms with E-state index in [9.17, 15) is 22.4 Å². The normalized spacial score (nSPS) is 26.6. The first-order valence-corrected chi connectivity index (χ1v) is 8.85. The monoisotopic (exact) mass is 394 g/mol. The van der Waals surface area contributed by atoms with Crippen LogP contribution < -0.4 is 10.6 Å². The van der Waals surface area contributed by atoms with E-state index < -0.39 is 11.9 Å². The van der Waals surface area contributed by atoms with Gasteiger partial charge in [-0.05, 0) is 48.9 Å². The fourth-order valence-electron chi connectivity index (χ4n) is 4.37. The van der Waals surface area contributed by atoms with Gasteiger partial charge in [0.2, 0.25) is 5.91 Å². The predicted molar refractivity (Wildman–Crippen MR) is 93.9 cm³/mol. The summed E-state index contributed by atoms with van der Waals surface area (Å²) in [5.41, 5.74) is -0.949. The Hall–Kier alpha value is -2.71. The Morgan fingerprint density at radius 3 is 2.39 bits per heavy atom. The smallest absolute Gasteiger partial charge is 0.364 e. The molecule has 3 aliphatic carbocycles. The number of nitrogens with one attached hydrogen (secondary N) is 2. The third-order valence-corrected chi connectivity index (χ3v) is 5.85. The molecular formula is C19H18F4N4O. The van der Waals surface area contributed by atoms with Crippen LogP contribution >= 0.6 is 0 Å². The lowest BCUT2D eigenvalue weighted by molar-refractivity contribution is -0.166. The number of hydrogen-bond acceptors (Lipinski definition) is 4. The molecule has 1 amide bonds.